The van der Waals surface area contributed by atoms with Crippen LogP contribution in [0.25, 0.3) is 5.57 Å². The van der Waals surface area contributed by atoms with E-state index in [0.717, 1.165) is 42.6 Å². The molecule has 3 aliphatic carbocycles. The van der Waals surface area contributed by atoms with Crippen LogP contribution in [0, 0.1) is 17.3 Å². The van der Waals surface area contributed by atoms with Crippen molar-refractivity contribution in [3.05, 3.63) is 65.2 Å². The molecule has 5 rings (SSSR count). The van der Waals surface area contributed by atoms with Gasteiger partial charge >= 0.3 is 15.6 Å². The lowest BCUT2D eigenvalue weighted by atomic mass is 9.54. The van der Waals surface area contributed by atoms with Gasteiger partial charge in [-0.05, 0) is 102 Å². The van der Waals surface area contributed by atoms with Crippen LogP contribution < -0.4 is 8.92 Å². The highest BCUT2D eigenvalue weighted by Crippen LogP contribution is 2.63. The van der Waals surface area contributed by atoms with Crippen LogP contribution in [-0.2, 0) is 16.5 Å². The van der Waals surface area contributed by atoms with Crippen molar-refractivity contribution in [1.82, 2.24) is 0 Å². The first kappa shape index (κ1) is 23.3. The van der Waals surface area contributed by atoms with E-state index in [0.29, 0.717) is 24.2 Å². The van der Waals surface area contributed by atoms with Crippen molar-refractivity contribution in [3.63, 3.8) is 0 Å². The van der Waals surface area contributed by atoms with E-state index < -0.39 is 15.6 Å². The number of halogens is 3. The zero-order valence-corrected chi connectivity index (χ0v) is 19.9. The zero-order valence-electron chi connectivity index (χ0n) is 19.1. The maximum atomic E-state index is 12.7. The van der Waals surface area contributed by atoms with E-state index in [1.807, 2.05) is 12.1 Å². The fourth-order valence-electron chi connectivity index (χ4n) is 6.57. The van der Waals surface area contributed by atoms with Gasteiger partial charge in [-0.15, -0.1) is 0 Å². The lowest BCUT2D eigenvalue weighted by Crippen LogP contribution is -2.40. The number of hydrogen-bond donors (Lipinski definition) is 0. The van der Waals surface area contributed by atoms with Crippen molar-refractivity contribution in [1.29, 1.82) is 0 Å². The Kier molecular flexibility index (Phi) is 5.50. The van der Waals surface area contributed by atoms with Gasteiger partial charge in [-0.25, -0.2) is 0 Å². The second-order valence-corrected chi connectivity index (χ2v) is 11.3. The molecule has 182 valence electrons. The van der Waals surface area contributed by atoms with Crippen molar-refractivity contribution in [2.45, 2.75) is 50.5 Å². The Labute approximate surface area is 197 Å². The Morgan fingerprint density at radius 2 is 1.74 bits per heavy atom. The number of alkyl halides is 3. The molecule has 1 fully saturated rings. The molecule has 0 unspecified atom stereocenters. The summed E-state index contributed by atoms with van der Waals surface area (Å²) in [6.07, 6.45) is 7.03. The Bertz CT molecular complexity index is 1230. The zero-order chi connectivity index (χ0) is 24.3. The third kappa shape index (κ3) is 3.70. The number of fused-ring (bicyclic) bond motifs is 5. The summed E-state index contributed by atoms with van der Waals surface area (Å²) in [6.45, 7) is 2.37. The molecule has 0 aliphatic heterocycles. The molecule has 0 aromatic heterocycles. The van der Waals surface area contributed by atoms with Gasteiger partial charge in [-0.1, -0.05) is 31.2 Å². The number of allylic oxidation sites excluding steroid dienone is 2. The molecule has 0 heterocycles. The SMILES string of the molecule is COc1ccc(C2=CC[C@H]3[C@@H]4CCc5cc(OS(=O)(=O)C(F)(F)F)ccc5[C@H]4CC[C@]23C)cc1. The van der Waals surface area contributed by atoms with E-state index >= 15 is 0 Å². The first-order valence-electron chi connectivity index (χ1n) is 11.5. The average molecular weight is 493 g/mol. The molecule has 0 bridgehead atoms. The molecule has 0 saturated heterocycles. The molecule has 0 amide bonds. The number of methoxy groups -OCH3 is 1. The topological polar surface area (TPSA) is 52.6 Å². The lowest BCUT2D eigenvalue weighted by Gasteiger charge is -2.50. The highest BCUT2D eigenvalue weighted by Gasteiger charge is 2.52. The van der Waals surface area contributed by atoms with E-state index in [1.54, 1.807) is 13.2 Å². The van der Waals surface area contributed by atoms with Crippen molar-refractivity contribution >= 4 is 15.7 Å². The van der Waals surface area contributed by atoms with Crippen LogP contribution in [0.2, 0.25) is 0 Å². The summed E-state index contributed by atoms with van der Waals surface area (Å²) in [6, 6.07) is 12.8. The molecule has 4 atom stereocenters. The number of aryl methyl sites for hydroxylation is 1. The molecule has 2 aromatic carbocycles. The summed E-state index contributed by atoms with van der Waals surface area (Å²) < 4.78 is 70.6. The van der Waals surface area contributed by atoms with E-state index in [-0.39, 0.29) is 11.2 Å². The van der Waals surface area contributed by atoms with Gasteiger partial charge in [-0.2, -0.15) is 21.6 Å². The quantitative estimate of drug-likeness (QED) is 0.362. The Morgan fingerprint density at radius 1 is 1.03 bits per heavy atom. The van der Waals surface area contributed by atoms with E-state index in [9.17, 15) is 21.6 Å². The van der Waals surface area contributed by atoms with Crippen molar-refractivity contribution in [3.8, 4) is 11.5 Å². The standard InChI is InChI=1S/C26H27F3O4S/c1-25-14-13-21-20-10-8-19(33-34(30,31)26(27,28)29)15-17(20)5-9-22(21)24(25)12-11-23(25)16-3-6-18(32-2)7-4-16/h3-4,6-8,10-11,15,21-22,24H,5,9,12-14H2,1-2H3/t21-,22-,24+,25-/m1/s1. The number of ether oxygens (including phenoxy) is 1. The van der Waals surface area contributed by atoms with Crippen LogP contribution in [0.15, 0.2) is 48.5 Å². The van der Waals surface area contributed by atoms with Gasteiger partial charge in [0, 0.05) is 0 Å². The molecular weight excluding hydrogens is 465 g/mol. The fraction of sp³-hybridized carbons (Fsp3) is 0.462. The summed E-state index contributed by atoms with van der Waals surface area (Å²) in [7, 11) is -4.01. The predicted molar refractivity (Wildman–Crippen MR) is 123 cm³/mol. The number of rotatable bonds is 4. The van der Waals surface area contributed by atoms with Crippen LogP contribution in [-0.4, -0.2) is 21.0 Å². The lowest BCUT2D eigenvalue weighted by molar-refractivity contribution is -0.0500. The maximum absolute atomic E-state index is 12.7. The minimum atomic E-state index is -5.67. The summed E-state index contributed by atoms with van der Waals surface area (Å²) in [5.41, 5.74) is -0.733. The van der Waals surface area contributed by atoms with Crippen LogP contribution in [0.4, 0.5) is 13.2 Å². The summed E-state index contributed by atoms with van der Waals surface area (Å²) in [5.74, 6) is 1.85. The largest absolute Gasteiger partial charge is 0.534 e. The van der Waals surface area contributed by atoms with E-state index in [1.165, 1.54) is 23.3 Å². The van der Waals surface area contributed by atoms with Crippen LogP contribution in [0.1, 0.15) is 55.2 Å². The number of hydrogen-bond acceptors (Lipinski definition) is 4. The second-order valence-electron chi connectivity index (χ2n) is 9.80. The van der Waals surface area contributed by atoms with Gasteiger partial charge in [0.15, 0.2) is 0 Å². The van der Waals surface area contributed by atoms with Crippen molar-refractivity contribution < 1.29 is 30.5 Å². The van der Waals surface area contributed by atoms with Gasteiger partial charge < -0.3 is 8.92 Å². The minimum Gasteiger partial charge on any atom is -0.497 e. The normalized spacial score (nSPS) is 28.4. The first-order chi connectivity index (χ1) is 16.0. The Hall–Kier alpha value is -2.48. The third-order valence-electron chi connectivity index (χ3n) is 8.17. The smallest absolute Gasteiger partial charge is 0.497 e. The van der Waals surface area contributed by atoms with Gasteiger partial charge in [-0.3, -0.25) is 0 Å². The fourth-order valence-corrected chi connectivity index (χ4v) is 7.02. The van der Waals surface area contributed by atoms with Crippen molar-refractivity contribution in [2.24, 2.45) is 17.3 Å². The van der Waals surface area contributed by atoms with Gasteiger partial charge in [0.25, 0.3) is 0 Å². The molecule has 0 radical (unpaired) electrons. The van der Waals surface area contributed by atoms with Crippen LogP contribution in [0.3, 0.4) is 0 Å². The maximum Gasteiger partial charge on any atom is 0.534 e. The van der Waals surface area contributed by atoms with Crippen LogP contribution >= 0.6 is 0 Å². The van der Waals surface area contributed by atoms with Gasteiger partial charge in [0.1, 0.15) is 11.5 Å². The minimum absolute atomic E-state index is 0.0805. The molecule has 1 saturated carbocycles. The molecule has 8 heteroatoms. The molecule has 0 spiro atoms. The monoisotopic (exact) mass is 492 g/mol. The molecular formula is C26H27F3O4S. The average Bonchev–Trinajstić information content (AvgIpc) is 3.15. The molecule has 0 N–H and O–H groups in total. The first-order valence-corrected chi connectivity index (χ1v) is 12.9. The molecule has 34 heavy (non-hydrogen) atoms. The van der Waals surface area contributed by atoms with Crippen LogP contribution in [0.5, 0.6) is 11.5 Å². The Morgan fingerprint density at radius 3 is 2.41 bits per heavy atom. The summed E-state index contributed by atoms with van der Waals surface area (Å²) in [4.78, 5) is 0. The predicted octanol–water partition coefficient (Wildman–Crippen LogP) is 6.47. The van der Waals surface area contributed by atoms with Gasteiger partial charge in [0.2, 0.25) is 0 Å². The molecule has 4 nitrogen and oxygen atoms in total. The second kappa shape index (κ2) is 8.04. The summed E-state index contributed by atoms with van der Waals surface area (Å²) >= 11 is 0. The molecule has 2 aromatic rings. The third-order valence-corrected chi connectivity index (χ3v) is 9.15. The van der Waals surface area contributed by atoms with Gasteiger partial charge in [0.05, 0.1) is 7.11 Å². The van der Waals surface area contributed by atoms with E-state index in [4.69, 9.17) is 4.74 Å². The highest BCUT2D eigenvalue weighted by molar-refractivity contribution is 7.88. The van der Waals surface area contributed by atoms with E-state index in [2.05, 4.69) is 29.3 Å². The highest BCUT2D eigenvalue weighted by atomic mass is 32.2. The van der Waals surface area contributed by atoms with Crippen molar-refractivity contribution in [2.75, 3.05) is 7.11 Å². The molecule has 3 aliphatic rings. The summed E-state index contributed by atoms with van der Waals surface area (Å²) in [5, 5.41) is 0. The Balaban J connectivity index is 1.38. The number of benzene rings is 2.